The summed E-state index contributed by atoms with van der Waals surface area (Å²) in [6.45, 7) is 3.75. The molecule has 0 aliphatic rings. The SMILES string of the molecule is CCc1nc(Nc2ccc([N+](=O)[O-])cc2)c2c(C)noc2n1. The second-order valence-electron chi connectivity index (χ2n) is 4.72. The van der Waals surface area contributed by atoms with Gasteiger partial charge < -0.3 is 9.84 Å². The van der Waals surface area contributed by atoms with Crippen LogP contribution in [0.5, 0.6) is 0 Å². The second-order valence-corrected chi connectivity index (χ2v) is 4.72. The van der Waals surface area contributed by atoms with Crippen molar-refractivity contribution < 1.29 is 9.45 Å². The van der Waals surface area contributed by atoms with E-state index in [1.165, 1.54) is 12.1 Å². The minimum atomic E-state index is -0.438. The van der Waals surface area contributed by atoms with Crippen LogP contribution in [0.1, 0.15) is 18.4 Å². The molecule has 0 aliphatic heterocycles. The van der Waals surface area contributed by atoms with Gasteiger partial charge in [-0.2, -0.15) is 4.98 Å². The average molecular weight is 299 g/mol. The Labute approximate surface area is 125 Å². The standard InChI is InChI=1S/C14H13N5O3/c1-3-11-16-13(12-8(2)18-22-14(12)17-11)15-9-4-6-10(7-5-9)19(20)21/h4-7H,3H2,1-2H3,(H,15,16,17). The van der Waals surface area contributed by atoms with Crippen LogP contribution in [0.3, 0.4) is 0 Å². The van der Waals surface area contributed by atoms with Crippen molar-refractivity contribution in [3.63, 3.8) is 0 Å². The number of hydrogen-bond donors (Lipinski definition) is 1. The molecule has 8 nitrogen and oxygen atoms in total. The molecule has 0 amide bonds. The third-order valence-corrected chi connectivity index (χ3v) is 3.21. The van der Waals surface area contributed by atoms with Crippen LogP contribution in [0.25, 0.3) is 11.1 Å². The predicted molar refractivity (Wildman–Crippen MR) is 80.1 cm³/mol. The summed E-state index contributed by atoms with van der Waals surface area (Å²) in [5, 5.41) is 18.4. The Balaban J connectivity index is 2.02. The van der Waals surface area contributed by atoms with E-state index < -0.39 is 4.92 Å². The van der Waals surface area contributed by atoms with Gasteiger partial charge in [0.15, 0.2) is 0 Å². The van der Waals surface area contributed by atoms with Crippen molar-refractivity contribution in [1.29, 1.82) is 0 Å². The molecule has 0 radical (unpaired) electrons. The molecule has 8 heteroatoms. The summed E-state index contributed by atoms with van der Waals surface area (Å²) in [5.41, 5.74) is 1.83. The van der Waals surface area contributed by atoms with Crippen LogP contribution in [0.4, 0.5) is 17.2 Å². The Hall–Kier alpha value is -3.03. The maximum absolute atomic E-state index is 10.7. The Morgan fingerprint density at radius 3 is 2.64 bits per heavy atom. The monoisotopic (exact) mass is 299 g/mol. The van der Waals surface area contributed by atoms with E-state index in [0.29, 0.717) is 40.5 Å². The third-order valence-electron chi connectivity index (χ3n) is 3.21. The van der Waals surface area contributed by atoms with Crippen molar-refractivity contribution in [3.8, 4) is 0 Å². The molecule has 0 saturated carbocycles. The highest BCUT2D eigenvalue weighted by molar-refractivity contribution is 5.89. The number of hydrogen-bond acceptors (Lipinski definition) is 7. The van der Waals surface area contributed by atoms with Gasteiger partial charge >= 0.3 is 0 Å². The number of nitro benzene ring substituents is 1. The molecular weight excluding hydrogens is 286 g/mol. The molecule has 1 aromatic carbocycles. The lowest BCUT2D eigenvalue weighted by molar-refractivity contribution is -0.384. The van der Waals surface area contributed by atoms with Gasteiger partial charge in [0.05, 0.1) is 10.6 Å². The van der Waals surface area contributed by atoms with E-state index in [9.17, 15) is 10.1 Å². The summed E-state index contributed by atoms with van der Waals surface area (Å²) < 4.78 is 5.19. The molecule has 0 saturated heterocycles. The molecule has 0 unspecified atom stereocenters. The average Bonchev–Trinajstić information content (AvgIpc) is 2.89. The summed E-state index contributed by atoms with van der Waals surface area (Å²) >= 11 is 0. The number of nitro groups is 1. The molecule has 0 spiro atoms. The van der Waals surface area contributed by atoms with E-state index in [4.69, 9.17) is 4.52 Å². The van der Waals surface area contributed by atoms with Crippen LogP contribution in [-0.4, -0.2) is 20.0 Å². The summed E-state index contributed by atoms with van der Waals surface area (Å²) in [7, 11) is 0. The fraction of sp³-hybridized carbons (Fsp3) is 0.214. The summed E-state index contributed by atoms with van der Waals surface area (Å²) in [4.78, 5) is 19.0. The van der Waals surface area contributed by atoms with Crippen molar-refractivity contribution in [2.24, 2.45) is 0 Å². The topological polar surface area (TPSA) is 107 Å². The van der Waals surface area contributed by atoms with Gasteiger partial charge in [-0.25, -0.2) is 4.98 Å². The third kappa shape index (κ3) is 2.46. The molecule has 3 rings (SSSR count). The molecule has 22 heavy (non-hydrogen) atoms. The maximum atomic E-state index is 10.7. The zero-order valence-corrected chi connectivity index (χ0v) is 12.0. The van der Waals surface area contributed by atoms with Crippen LogP contribution < -0.4 is 5.32 Å². The van der Waals surface area contributed by atoms with E-state index in [2.05, 4.69) is 20.4 Å². The lowest BCUT2D eigenvalue weighted by Gasteiger charge is -2.07. The lowest BCUT2D eigenvalue weighted by atomic mass is 10.2. The van der Waals surface area contributed by atoms with Crippen molar-refractivity contribution >= 4 is 28.3 Å². The van der Waals surface area contributed by atoms with Crippen LogP contribution in [0, 0.1) is 17.0 Å². The number of aryl methyl sites for hydroxylation is 2. The van der Waals surface area contributed by atoms with Gasteiger partial charge in [-0.15, -0.1) is 0 Å². The zero-order chi connectivity index (χ0) is 15.7. The Bertz CT molecular complexity index is 842. The minimum absolute atomic E-state index is 0.0359. The molecular formula is C14H13N5O3. The highest BCUT2D eigenvalue weighted by Crippen LogP contribution is 2.27. The summed E-state index contributed by atoms with van der Waals surface area (Å²) in [5.74, 6) is 1.21. The first-order valence-corrected chi connectivity index (χ1v) is 6.73. The highest BCUT2D eigenvalue weighted by Gasteiger charge is 2.15. The maximum Gasteiger partial charge on any atom is 0.269 e. The highest BCUT2D eigenvalue weighted by atomic mass is 16.6. The number of non-ortho nitro benzene ring substituents is 1. The van der Waals surface area contributed by atoms with Gasteiger partial charge in [-0.3, -0.25) is 10.1 Å². The number of benzene rings is 1. The molecule has 0 aliphatic carbocycles. The molecule has 0 bridgehead atoms. The van der Waals surface area contributed by atoms with E-state index in [1.807, 2.05) is 13.8 Å². The largest absolute Gasteiger partial charge is 0.339 e. The van der Waals surface area contributed by atoms with E-state index in [1.54, 1.807) is 12.1 Å². The Morgan fingerprint density at radius 2 is 2.00 bits per heavy atom. The number of fused-ring (bicyclic) bond motifs is 1. The van der Waals surface area contributed by atoms with E-state index in [-0.39, 0.29) is 5.69 Å². The smallest absolute Gasteiger partial charge is 0.269 e. The predicted octanol–water partition coefficient (Wildman–Crippen LogP) is 3.14. The number of nitrogens with one attached hydrogen (secondary N) is 1. The van der Waals surface area contributed by atoms with Crippen molar-refractivity contribution in [2.45, 2.75) is 20.3 Å². The van der Waals surface area contributed by atoms with Crippen molar-refractivity contribution in [3.05, 3.63) is 45.9 Å². The summed E-state index contributed by atoms with van der Waals surface area (Å²) in [6, 6.07) is 6.12. The fourth-order valence-electron chi connectivity index (χ4n) is 2.09. The van der Waals surface area contributed by atoms with Crippen LogP contribution in [0.2, 0.25) is 0 Å². The Morgan fingerprint density at radius 1 is 1.27 bits per heavy atom. The molecule has 112 valence electrons. The molecule has 2 aromatic heterocycles. The lowest BCUT2D eigenvalue weighted by Crippen LogP contribution is -2.00. The van der Waals surface area contributed by atoms with Gasteiger partial charge in [0.25, 0.3) is 11.4 Å². The van der Waals surface area contributed by atoms with E-state index in [0.717, 1.165) is 0 Å². The quantitative estimate of drug-likeness (QED) is 0.582. The van der Waals surface area contributed by atoms with Gasteiger partial charge in [0, 0.05) is 24.2 Å². The van der Waals surface area contributed by atoms with E-state index >= 15 is 0 Å². The second kappa shape index (κ2) is 5.40. The molecule has 1 N–H and O–H groups in total. The first-order chi connectivity index (χ1) is 10.6. The zero-order valence-electron chi connectivity index (χ0n) is 12.0. The molecule has 2 heterocycles. The van der Waals surface area contributed by atoms with Gasteiger partial charge in [0.2, 0.25) is 0 Å². The number of anilines is 2. The van der Waals surface area contributed by atoms with Crippen molar-refractivity contribution in [2.75, 3.05) is 5.32 Å². The number of nitrogens with zero attached hydrogens (tertiary/aromatic N) is 4. The summed E-state index contributed by atoms with van der Waals surface area (Å²) in [6.07, 6.45) is 0.657. The van der Waals surface area contributed by atoms with Crippen LogP contribution in [-0.2, 0) is 6.42 Å². The van der Waals surface area contributed by atoms with Crippen LogP contribution >= 0.6 is 0 Å². The molecule has 0 fully saturated rings. The first kappa shape index (κ1) is 13.9. The van der Waals surface area contributed by atoms with Crippen LogP contribution in [0.15, 0.2) is 28.8 Å². The normalized spacial score (nSPS) is 10.8. The Kier molecular flexibility index (Phi) is 3.42. The molecule has 0 atom stereocenters. The minimum Gasteiger partial charge on any atom is -0.339 e. The van der Waals surface area contributed by atoms with Gasteiger partial charge in [-0.05, 0) is 19.1 Å². The first-order valence-electron chi connectivity index (χ1n) is 6.73. The van der Waals surface area contributed by atoms with Crippen molar-refractivity contribution in [1.82, 2.24) is 15.1 Å². The number of aromatic nitrogens is 3. The number of rotatable bonds is 4. The van der Waals surface area contributed by atoms with Gasteiger partial charge in [0.1, 0.15) is 17.0 Å². The van der Waals surface area contributed by atoms with Gasteiger partial charge in [-0.1, -0.05) is 12.1 Å². The molecule has 3 aromatic rings. The fourth-order valence-corrected chi connectivity index (χ4v) is 2.09.